The molecule has 0 aromatic heterocycles. The molecule has 0 aliphatic carbocycles. The normalized spacial score (nSPS) is 13.2. The van der Waals surface area contributed by atoms with Crippen LogP contribution in [0.3, 0.4) is 0 Å². The number of benzene rings is 2. The van der Waals surface area contributed by atoms with Crippen LogP contribution in [0.5, 0.6) is 5.75 Å². The predicted molar refractivity (Wildman–Crippen MR) is 102 cm³/mol. The van der Waals surface area contributed by atoms with Gasteiger partial charge in [0.25, 0.3) is 0 Å². The summed E-state index contributed by atoms with van der Waals surface area (Å²) in [5.41, 5.74) is 1.46. The van der Waals surface area contributed by atoms with Crippen molar-refractivity contribution in [2.24, 2.45) is 0 Å². The van der Waals surface area contributed by atoms with Crippen LogP contribution in [0.15, 0.2) is 61.2 Å². The Morgan fingerprint density at radius 3 is 2.65 bits per heavy atom. The van der Waals surface area contributed by atoms with Gasteiger partial charge in [0.15, 0.2) is 5.78 Å². The van der Waals surface area contributed by atoms with E-state index in [1.54, 1.807) is 24.3 Å². The van der Waals surface area contributed by atoms with Gasteiger partial charge in [-0.15, -0.1) is 0 Å². The van der Waals surface area contributed by atoms with Crippen molar-refractivity contribution in [2.75, 3.05) is 6.61 Å². The van der Waals surface area contributed by atoms with Crippen molar-refractivity contribution in [2.45, 2.75) is 9.65 Å². The van der Waals surface area contributed by atoms with Gasteiger partial charge in [-0.25, -0.2) is 0 Å². The summed E-state index contributed by atoms with van der Waals surface area (Å²) in [5.74, 6) is 0.485. The number of hydrogen-bond donors (Lipinski definition) is 0. The highest BCUT2D eigenvalue weighted by atomic mass is 79.9. The van der Waals surface area contributed by atoms with E-state index in [0.717, 1.165) is 5.56 Å². The number of Topliss-reactive ketones (excluding diaryl/α,β-unsaturated/α-hetero) is 1. The number of ether oxygens (including phenoxy) is 1. The van der Waals surface area contributed by atoms with Crippen LogP contribution in [0.25, 0.3) is 0 Å². The van der Waals surface area contributed by atoms with Gasteiger partial charge in [-0.1, -0.05) is 80.4 Å². The van der Waals surface area contributed by atoms with Crippen molar-refractivity contribution in [1.29, 1.82) is 0 Å². The fourth-order valence-electron chi connectivity index (χ4n) is 2.07. The van der Waals surface area contributed by atoms with E-state index in [4.69, 9.17) is 16.3 Å². The molecule has 0 aliphatic rings. The van der Waals surface area contributed by atoms with Gasteiger partial charge in [0.2, 0.25) is 0 Å². The van der Waals surface area contributed by atoms with E-state index in [-0.39, 0.29) is 10.6 Å². The molecule has 0 bridgehead atoms. The summed E-state index contributed by atoms with van der Waals surface area (Å²) >= 11 is 13.1. The maximum atomic E-state index is 12.8. The largest absolute Gasteiger partial charge is 0.489 e. The Hall–Kier alpha value is -1.10. The number of carbonyl (C=O) groups is 1. The van der Waals surface area contributed by atoms with Crippen LogP contribution in [0.4, 0.5) is 0 Å². The molecule has 120 valence electrons. The van der Waals surface area contributed by atoms with E-state index in [2.05, 4.69) is 38.4 Å². The molecule has 2 aromatic rings. The zero-order chi connectivity index (χ0) is 16.8. The first-order valence-electron chi connectivity index (χ1n) is 6.95. The molecule has 5 heteroatoms. The lowest BCUT2D eigenvalue weighted by atomic mass is 10.0. The van der Waals surface area contributed by atoms with Crippen LogP contribution in [-0.2, 0) is 0 Å². The highest BCUT2D eigenvalue weighted by molar-refractivity contribution is 9.12. The van der Waals surface area contributed by atoms with Crippen molar-refractivity contribution in [1.82, 2.24) is 0 Å². The number of carbonyl (C=O) groups excluding carboxylic acids is 1. The topological polar surface area (TPSA) is 26.3 Å². The first-order chi connectivity index (χ1) is 11.0. The lowest BCUT2D eigenvalue weighted by molar-refractivity contribution is 0.0987. The monoisotopic (exact) mass is 456 g/mol. The molecule has 0 N–H and O–H groups in total. The van der Waals surface area contributed by atoms with E-state index < -0.39 is 4.83 Å². The van der Waals surface area contributed by atoms with E-state index in [9.17, 15) is 4.79 Å². The number of rotatable bonds is 7. The van der Waals surface area contributed by atoms with Crippen LogP contribution >= 0.6 is 43.5 Å². The quantitative estimate of drug-likeness (QED) is 0.290. The standard InChI is InChI=1S/C18H15Br2ClO2/c1-2-10-23-15-9-4-3-8-14(15)18(22)17(20)16(19)12-6-5-7-13(21)11-12/h2-9,11,16-17H,1,10H2. The molecule has 0 amide bonds. The minimum Gasteiger partial charge on any atom is -0.489 e. The summed E-state index contributed by atoms with van der Waals surface area (Å²) in [4.78, 5) is 12.2. The Balaban J connectivity index is 2.24. The number of alkyl halides is 2. The molecule has 2 nitrogen and oxygen atoms in total. The molecule has 2 aromatic carbocycles. The van der Waals surface area contributed by atoms with Crippen molar-refractivity contribution in [3.05, 3.63) is 77.3 Å². The molecule has 0 aliphatic heterocycles. The molecule has 0 fully saturated rings. The Morgan fingerprint density at radius 2 is 1.96 bits per heavy atom. The van der Waals surface area contributed by atoms with E-state index in [1.807, 2.05) is 30.3 Å². The summed E-state index contributed by atoms with van der Waals surface area (Å²) in [6, 6.07) is 14.6. The van der Waals surface area contributed by atoms with Crippen LogP contribution in [0, 0.1) is 0 Å². The Morgan fingerprint density at radius 1 is 1.22 bits per heavy atom. The second-order valence-corrected chi connectivity index (χ2v) is 7.23. The third-order valence-corrected chi connectivity index (χ3v) is 6.13. The predicted octanol–water partition coefficient (Wildman–Crippen LogP) is 5.99. The van der Waals surface area contributed by atoms with E-state index in [0.29, 0.717) is 22.9 Å². The van der Waals surface area contributed by atoms with Gasteiger partial charge in [0.05, 0.1) is 15.2 Å². The van der Waals surface area contributed by atoms with Gasteiger partial charge in [0, 0.05) is 5.02 Å². The summed E-state index contributed by atoms with van der Waals surface area (Å²) in [6.07, 6.45) is 1.64. The zero-order valence-corrected chi connectivity index (χ0v) is 16.1. The third kappa shape index (κ3) is 4.69. The molecule has 0 heterocycles. The highest BCUT2D eigenvalue weighted by Gasteiger charge is 2.28. The van der Waals surface area contributed by atoms with E-state index >= 15 is 0 Å². The second kappa shape index (κ2) is 8.67. The SMILES string of the molecule is C=CCOc1ccccc1C(=O)C(Br)C(Br)c1cccc(Cl)c1. The number of hydrogen-bond acceptors (Lipinski definition) is 2. The number of ketones is 1. The van der Waals surface area contributed by atoms with E-state index in [1.165, 1.54) is 0 Å². The summed E-state index contributed by atoms with van der Waals surface area (Å²) < 4.78 is 5.57. The first kappa shape index (κ1) is 18.2. The molecule has 0 radical (unpaired) electrons. The van der Waals surface area contributed by atoms with Gasteiger partial charge in [-0.05, 0) is 29.8 Å². The molecular formula is C18H15Br2ClO2. The Bertz CT molecular complexity index is 703. The molecular weight excluding hydrogens is 443 g/mol. The Labute approximate surface area is 157 Å². The zero-order valence-electron chi connectivity index (χ0n) is 12.2. The molecule has 23 heavy (non-hydrogen) atoms. The molecule has 2 rings (SSSR count). The number of para-hydroxylation sites is 1. The number of halogens is 3. The molecule has 0 saturated heterocycles. The lowest BCUT2D eigenvalue weighted by Gasteiger charge is -2.18. The van der Waals surface area contributed by atoms with Crippen molar-refractivity contribution < 1.29 is 9.53 Å². The maximum Gasteiger partial charge on any atom is 0.181 e. The third-order valence-electron chi connectivity index (χ3n) is 3.18. The van der Waals surface area contributed by atoms with Gasteiger partial charge >= 0.3 is 0 Å². The van der Waals surface area contributed by atoms with Crippen LogP contribution < -0.4 is 4.74 Å². The molecule has 2 atom stereocenters. The average Bonchev–Trinajstić information content (AvgIpc) is 2.58. The van der Waals surface area contributed by atoms with Crippen LogP contribution in [0.1, 0.15) is 20.7 Å². The molecule has 2 unspecified atom stereocenters. The molecule has 0 saturated carbocycles. The fourth-order valence-corrected chi connectivity index (χ4v) is 3.35. The van der Waals surface area contributed by atoms with Crippen molar-refractivity contribution >= 4 is 49.2 Å². The molecule has 0 spiro atoms. The minimum atomic E-state index is -0.450. The smallest absolute Gasteiger partial charge is 0.181 e. The van der Waals surface area contributed by atoms with Crippen LogP contribution in [0.2, 0.25) is 5.02 Å². The van der Waals surface area contributed by atoms with Gasteiger partial charge in [-0.3, -0.25) is 4.79 Å². The minimum absolute atomic E-state index is 0.0634. The average molecular weight is 459 g/mol. The summed E-state index contributed by atoms with van der Waals surface area (Å²) in [5, 5.41) is 0.633. The highest BCUT2D eigenvalue weighted by Crippen LogP contribution is 2.35. The maximum absolute atomic E-state index is 12.8. The Kier molecular flexibility index (Phi) is 6.88. The van der Waals surface area contributed by atoms with Crippen molar-refractivity contribution in [3.8, 4) is 5.75 Å². The summed E-state index contributed by atoms with van der Waals surface area (Å²) in [7, 11) is 0. The van der Waals surface area contributed by atoms with Gasteiger partial charge in [0.1, 0.15) is 12.4 Å². The fraction of sp³-hybridized carbons (Fsp3) is 0.167. The lowest BCUT2D eigenvalue weighted by Crippen LogP contribution is -2.20. The van der Waals surface area contributed by atoms with Gasteiger partial charge in [-0.2, -0.15) is 0 Å². The van der Waals surface area contributed by atoms with Crippen LogP contribution in [-0.4, -0.2) is 17.2 Å². The van der Waals surface area contributed by atoms with Crippen molar-refractivity contribution in [3.63, 3.8) is 0 Å². The summed E-state index contributed by atoms with van der Waals surface area (Å²) in [6.45, 7) is 3.97. The van der Waals surface area contributed by atoms with Gasteiger partial charge < -0.3 is 4.74 Å². The first-order valence-corrected chi connectivity index (χ1v) is 9.16. The second-order valence-electron chi connectivity index (χ2n) is 4.82.